The summed E-state index contributed by atoms with van der Waals surface area (Å²) in [5.41, 5.74) is 1.72. The van der Waals surface area contributed by atoms with E-state index >= 15 is 0 Å². The Kier molecular flexibility index (Phi) is 6.85. The summed E-state index contributed by atoms with van der Waals surface area (Å²) in [6.45, 7) is 3.15. The van der Waals surface area contributed by atoms with Crippen LogP contribution in [0, 0.1) is 5.92 Å². The number of pyridine rings is 2. The molecular weight excluding hydrogens is 386 g/mol. The number of nitrogens with zero attached hydrogens (tertiary/aromatic N) is 2. The van der Waals surface area contributed by atoms with Gasteiger partial charge < -0.3 is 21.1 Å². The van der Waals surface area contributed by atoms with E-state index in [1.54, 1.807) is 6.20 Å². The first-order chi connectivity index (χ1) is 14.2. The molecule has 0 amide bonds. The highest BCUT2D eigenvalue weighted by molar-refractivity contribution is 6.33. The van der Waals surface area contributed by atoms with Gasteiger partial charge in [0.1, 0.15) is 11.6 Å². The molecule has 4 rings (SSSR count). The molecule has 7 heteroatoms. The Morgan fingerprint density at radius 1 is 1.07 bits per heavy atom. The fourth-order valence-corrected chi connectivity index (χ4v) is 4.36. The Morgan fingerprint density at radius 2 is 1.86 bits per heavy atom. The SMILES string of the molecule is O[C@H]1CC[C@H](Nc2cc(-c3cccc(NCC4CCNCC4)n3)c(Cl)cn2)CC1. The number of piperidine rings is 1. The van der Waals surface area contributed by atoms with Crippen molar-refractivity contribution in [2.75, 3.05) is 30.3 Å². The lowest BCUT2D eigenvalue weighted by molar-refractivity contribution is 0.126. The van der Waals surface area contributed by atoms with Gasteiger partial charge in [0.2, 0.25) is 0 Å². The molecule has 1 aliphatic carbocycles. The van der Waals surface area contributed by atoms with Crippen molar-refractivity contribution in [1.29, 1.82) is 0 Å². The maximum absolute atomic E-state index is 9.70. The van der Waals surface area contributed by atoms with Crippen LogP contribution in [0.4, 0.5) is 11.6 Å². The predicted molar refractivity (Wildman–Crippen MR) is 118 cm³/mol. The van der Waals surface area contributed by atoms with Crippen molar-refractivity contribution in [3.63, 3.8) is 0 Å². The van der Waals surface area contributed by atoms with Crippen LogP contribution in [0.3, 0.4) is 0 Å². The highest BCUT2D eigenvalue weighted by atomic mass is 35.5. The van der Waals surface area contributed by atoms with Gasteiger partial charge in [0.15, 0.2) is 0 Å². The van der Waals surface area contributed by atoms with E-state index in [0.29, 0.717) is 17.0 Å². The zero-order valence-electron chi connectivity index (χ0n) is 16.7. The molecular formula is C22H30ClN5O. The zero-order chi connectivity index (χ0) is 20.1. The average molecular weight is 416 g/mol. The summed E-state index contributed by atoms with van der Waals surface area (Å²) in [5, 5.41) is 20.7. The van der Waals surface area contributed by atoms with E-state index in [2.05, 4.69) is 20.9 Å². The van der Waals surface area contributed by atoms with Gasteiger partial charge in [0.05, 0.1) is 16.8 Å². The molecule has 0 atom stereocenters. The third-order valence-electron chi connectivity index (χ3n) is 5.96. The first kappa shape index (κ1) is 20.4. The second kappa shape index (κ2) is 9.74. The maximum atomic E-state index is 9.70. The fraction of sp³-hybridized carbons (Fsp3) is 0.545. The minimum Gasteiger partial charge on any atom is -0.393 e. The number of aliphatic hydroxyl groups is 1. The standard InChI is InChI=1S/C22H30ClN5O/c23-19-14-26-22(27-16-4-6-17(29)7-5-16)12-18(19)20-2-1-3-21(28-20)25-13-15-8-10-24-11-9-15/h1-3,12,14-17,24,29H,4-11,13H2,(H,25,28)(H,26,27)/t16-,17-. The Labute approximate surface area is 177 Å². The summed E-state index contributed by atoms with van der Waals surface area (Å²) in [7, 11) is 0. The normalized spacial score (nSPS) is 23.0. The smallest absolute Gasteiger partial charge is 0.126 e. The van der Waals surface area contributed by atoms with Crippen LogP contribution < -0.4 is 16.0 Å². The number of anilines is 2. The molecule has 0 bridgehead atoms. The third-order valence-corrected chi connectivity index (χ3v) is 6.26. The summed E-state index contributed by atoms with van der Waals surface area (Å²) in [6.07, 6.45) is 7.52. The number of nitrogens with one attached hydrogen (secondary N) is 3. The Morgan fingerprint density at radius 3 is 2.66 bits per heavy atom. The monoisotopic (exact) mass is 415 g/mol. The minimum absolute atomic E-state index is 0.161. The molecule has 29 heavy (non-hydrogen) atoms. The molecule has 4 N–H and O–H groups in total. The van der Waals surface area contributed by atoms with Crippen molar-refractivity contribution in [1.82, 2.24) is 15.3 Å². The predicted octanol–water partition coefficient (Wildman–Crippen LogP) is 3.92. The lowest BCUT2D eigenvalue weighted by Gasteiger charge is -2.26. The molecule has 0 radical (unpaired) electrons. The van der Waals surface area contributed by atoms with Gasteiger partial charge in [-0.25, -0.2) is 9.97 Å². The quantitative estimate of drug-likeness (QED) is 0.572. The van der Waals surface area contributed by atoms with Gasteiger partial charge in [0.25, 0.3) is 0 Å². The first-order valence-corrected chi connectivity index (χ1v) is 11.1. The van der Waals surface area contributed by atoms with Gasteiger partial charge in [-0.3, -0.25) is 0 Å². The second-order valence-electron chi connectivity index (χ2n) is 8.18. The Hall–Kier alpha value is -1.89. The molecule has 2 aromatic heterocycles. The molecule has 6 nitrogen and oxygen atoms in total. The van der Waals surface area contributed by atoms with Gasteiger partial charge in [-0.05, 0) is 75.7 Å². The second-order valence-corrected chi connectivity index (χ2v) is 8.59. The molecule has 1 aliphatic heterocycles. The van der Waals surface area contributed by atoms with E-state index in [4.69, 9.17) is 16.6 Å². The minimum atomic E-state index is -0.161. The Balaban J connectivity index is 1.44. The highest BCUT2D eigenvalue weighted by Crippen LogP contribution is 2.30. The van der Waals surface area contributed by atoms with Crippen molar-refractivity contribution in [2.45, 2.75) is 50.7 Å². The molecule has 2 aliphatic rings. The molecule has 2 fully saturated rings. The molecule has 1 saturated carbocycles. The van der Waals surface area contributed by atoms with Crippen LogP contribution in [0.25, 0.3) is 11.3 Å². The number of hydrogen-bond donors (Lipinski definition) is 4. The van der Waals surface area contributed by atoms with Crippen molar-refractivity contribution in [3.8, 4) is 11.3 Å². The molecule has 1 saturated heterocycles. The van der Waals surface area contributed by atoms with Gasteiger partial charge in [0, 0.05) is 24.3 Å². The third kappa shape index (κ3) is 5.59. The molecule has 0 aromatic carbocycles. The largest absolute Gasteiger partial charge is 0.393 e. The molecule has 2 aromatic rings. The van der Waals surface area contributed by atoms with E-state index in [-0.39, 0.29) is 6.10 Å². The van der Waals surface area contributed by atoms with Crippen LogP contribution in [0.5, 0.6) is 0 Å². The molecule has 3 heterocycles. The van der Waals surface area contributed by atoms with Gasteiger partial charge in [-0.2, -0.15) is 0 Å². The van der Waals surface area contributed by atoms with Crippen molar-refractivity contribution in [2.24, 2.45) is 5.92 Å². The lowest BCUT2D eigenvalue weighted by Crippen LogP contribution is -2.31. The van der Waals surface area contributed by atoms with Gasteiger partial charge in [-0.15, -0.1) is 0 Å². The van der Waals surface area contributed by atoms with Gasteiger partial charge >= 0.3 is 0 Å². The zero-order valence-corrected chi connectivity index (χ0v) is 17.5. The van der Waals surface area contributed by atoms with E-state index in [9.17, 15) is 5.11 Å². The van der Waals surface area contributed by atoms with Crippen molar-refractivity contribution in [3.05, 3.63) is 35.5 Å². The molecule has 0 spiro atoms. The summed E-state index contributed by atoms with van der Waals surface area (Å²) in [6, 6.07) is 8.32. The molecule has 156 valence electrons. The Bertz CT molecular complexity index is 804. The highest BCUT2D eigenvalue weighted by Gasteiger charge is 2.20. The molecule has 0 unspecified atom stereocenters. The summed E-state index contributed by atoms with van der Waals surface area (Å²) in [5.74, 6) is 2.38. The van der Waals surface area contributed by atoms with Crippen LogP contribution >= 0.6 is 11.6 Å². The maximum Gasteiger partial charge on any atom is 0.126 e. The number of halogens is 1. The first-order valence-electron chi connectivity index (χ1n) is 10.7. The number of hydrogen-bond acceptors (Lipinski definition) is 6. The van der Waals surface area contributed by atoms with E-state index in [1.165, 1.54) is 12.8 Å². The van der Waals surface area contributed by atoms with Crippen LogP contribution in [0.2, 0.25) is 5.02 Å². The average Bonchev–Trinajstić information content (AvgIpc) is 2.76. The van der Waals surface area contributed by atoms with Crippen LogP contribution in [-0.2, 0) is 0 Å². The van der Waals surface area contributed by atoms with Crippen LogP contribution in [0.1, 0.15) is 38.5 Å². The number of rotatable bonds is 6. The van der Waals surface area contributed by atoms with Crippen LogP contribution in [0.15, 0.2) is 30.5 Å². The number of aliphatic hydroxyl groups excluding tert-OH is 1. The topological polar surface area (TPSA) is 82.1 Å². The van der Waals surface area contributed by atoms with Crippen LogP contribution in [-0.4, -0.2) is 46.9 Å². The summed E-state index contributed by atoms with van der Waals surface area (Å²) < 4.78 is 0. The summed E-state index contributed by atoms with van der Waals surface area (Å²) >= 11 is 6.45. The lowest BCUT2D eigenvalue weighted by atomic mass is 9.93. The van der Waals surface area contributed by atoms with Gasteiger partial charge in [-0.1, -0.05) is 17.7 Å². The fourth-order valence-electron chi connectivity index (χ4n) is 4.16. The van der Waals surface area contributed by atoms with E-state index < -0.39 is 0 Å². The summed E-state index contributed by atoms with van der Waals surface area (Å²) in [4.78, 5) is 9.23. The van der Waals surface area contributed by atoms with Crippen molar-refractivity contribution >= 4 is 23.2 Å². The van der Waals surface area contributed by atoms with E-state index in [1.807, 2.05) is 24.3 Å². The number of aromatic nitrogens is 2. The van der Waals surface area contributed by atoms with Crippen molar-refractivity contribution < 1.29 is 5.11 Å². The van der Waals surface area contributed by atoms with E-state index in [0.717, 1.165) is 68.2 Å².